The van der Waals surface area contributed by atoms with Gasteiger partial charge in [-0.1, -0.05) is 0 Å². The SMILES string of the molecule is CNCCCN(C)CCN1CCOCC1. The van der Waals surface area contributed by atoms with Gasteiger partial charge in [-0.25, -0.2) is 0 Å². The predicted molar refractivity (Wildman–Crippen MR) is 63.3 cm³/mol. The summed E-state index contributed by atoms with van der Waals surface area (Å²) in [6.07, 6.45) is 1.23. The summed E-state index contributed by atoms with van der Waals surface area (Å²) in [5.74, 6) is 0. The van der Waals surface area contributed by atoms with Gasteiger partial charge in [0, 0.05) is 26.2 Å². The molecule has 0 saturated carbocycles. The van der Waals surface area contributed by atoms with Crippen molar-refractivity contribution in [2.24, 2.45) is 0 Å². The third kappa shape index (κ3) is 6.10. The van der Waals surface area contributed by atoms with Crippen molar-refractivity contribution in [1.82, 2.24) is 15.1 Å². The molecule has 1 aliphatic rings. The van der Waals surface area contributed by atoms with Gasteiger partial charge >= 0.3 is 0 Å². The fourth-order valence-electron chi connectivity index (χ4n) is 1.77. The van der Waals surface area contributed by atoms with E-state index in [-0.39, 0.29) is 0 Å². The van der Waals surface area contributed by atoms with Gasteiger partial charge < -0.3 is 15.0 Å². The Morgan fingerprint density at radius 3 is 2.67 bits per heavy atom. The maximum Gasteiger partial charge on any atom is 0.0594 e. The first-order valence-corrected chi connectivity index (χ1v) is 5.96. The summed E-state index contributed by atoms with van der Waals surface area (Å²) in [5.41, 5.74) is 0. The zero-order valence-electron chi connectivity index (χ0n) is 10.2. The van der Waals surface area contributed by atoms with Gasteiger partial charge in [-0.15, -0.1) is 0 Å². The molecule has 15 heavy (non-hydrogen) atoms. The molecule has 4 nitrogen and oxygen atoms in total. The van der Waals surface area contributed by atoms with Crippen LogP contribution in [0.3, 0.4) is 0 Å². The lowest BCUT2D eigenvalue weighted by Gasteiger charge is -2.28. The minimum absolute atomic E-state index is 0.906. The number of nitrogens with one attached hydrogen (secondary N) is 1. The fourth-order valence-corrected chi connectivity index (χ4v) is 1.77. The van der Waals surface area contributed by atoms with Crippen LogP contribution in [0.5, 0.6) is 0 Å². The highest BCUT2D eigenvalue weighted by atomic mass is 16.5. The molecule has 4 heteroatoms. The summed E-state index contributed by atoms with van der Waals surface area (Å²) in [4.78, 5) is 4.89. The van der Waals surface area contributed by atoms with Gasteiger partial charge in [0.2, 0.25) is 0 Å². The molecule has 0 atom stereocenters. The van der Waals surface area contributed by atoms with Crippen LogP contribution in [-0.4, -0.2) is 76.4 Å². The van der Waals surface area contributed by atoms with Crippen molar-refractivity contribution in [3.63, 3.8) is 0 Å². The van der Waals surface area contributed by atoms with Crippen LogP contribution >= 0.6 is 0 Å². The Hall–Kier alpha value is -0.160. The van der Waals surface area contributed by atoms with Crippen LogP contribution in [0.4, 0.5) is 0 Å². The van der Waals surface area contributed by atoms with Crippen LogP contribution in [0.2, 0.25) is 0 Å². The third-order valence-electron chi connectivity index (χ3n) is 2.87. The van der Waals surface area contributed by atoms with Crippen LogP contribution in [0.15, 0.2) is 0 Å². The Morgan fingerprint density at radius 1 is 1.27 bits per heavy atom. The molecular weight excluding hydrogens is 190 g/mol. The van der Waals surface area contributed by atoms with E-state index < -0.39 is 0 Å². The number of rotatable bonds is 7. The highest BCUT2D eigenvalue weighted by Gasteiger charge is 2.10. The summed E-state index contributed by atoms with van der Waals surface area (Å²) < 4.78 is 5.32. The van der Waals surface area contributed by atoms with Crippen LogP contribution in [0.25, 0.3) is 0 Å². The van der Waals surface area contributed by atoms with Gasteiger partial charge in [-0.3, -0.25) is 4.90 Å². The van der Waals surface area contributed by atoms with Crippen molar-refractivity contribution < 1.29 is 4.74 Å². The van der Waals surface area contributed by atoms with Gasteiger partial charge in [0.15, 0.2) is 0 Å². The van der Waals surface area contributed by atoms with Crippen molar-refractivity contribution in [2.45, 2.75) is 6.42 Å². The first kappa shape index (κ1) is 12.9. The Bertz CT molecular complexity index is 149. The molecule has 0 bridgehead atoms. The molecule has 0 aromatic rings. The van der Waals surface area contributed by atoms with E-state index in [1.54, 1.807) is 0 Å². The van der Waals surface area contributed by atoms with Crippen molar-refractivity contribution >= 4 is 0 Å². The lowest BCUT2D eigenvalue weighted by atomic mass is 10.3. The van der Waals surface area contributed by atoms with E-state index in [1.165, 1.54) is 26.1 Å². The largest absolute Gasteiger partial charge is 0.379 e. The minimum Gasteiger partial charge on any atom is -0.379 e. The van der Waals surface area contributed by atoms with Gasteiger partial charge in [0.1, 0.15) is 0 Å². The van der Waals surface area contributed by atoms with Crippen molar-refractivity contribution in [2.75, 3.05) is 66.6 Å². The number of likely N-dealkylation sites (N-methyl/N-ethyl adjacent to an activating group) is 1. The van der Waals surface area contributed by atoms with E-state index >= 15 is 0 Å². The summed E-state index contributed by atoms with van der Waals surface area (Å²) in [6.45, 7) is 8.66. The molecule has 1 fully saturated rings. The fraction of sp³-hybridized carbons (Fsp3) is 1.00. The standard InChI is InChI=1S/C11H25N3O/c1-12-4-3-5-13(2)6-7-14-8-10-15-11-9-14/h12H,3-11H2,1-2H3. The van der Waals surface area contributed by atoms with Crippen LogP contribution in [0.1, 0.15) is 6.42 Å². The quantitative estimate of drug-likeness (QED) is 0.598. The lowest BCUT2D eigenvalue weighted by Crippen LogP contribution is -2.41. The molecule has 1 N–H and O–H groups in total. The first-order chi connectivity index (χ1) is 7.33. The second kappa shape index (κ2) is 8.05. The summed E-state index contributed by atoms with van der Waals surface area (Å²) in [6, 6.07) is 0. The number of hydrogen-bond donors (Lipinski definition) is 1. The Balaban J connectivity index is 1.97. The van der Waals surface area contributed by atoms with E-state index in [0.717, 1.165) is 32.8 Å². The molecule has 0 unspecified atom stereocenters. The molecule has 90 valence electrons. The Morgan fingerprint density at radius 2 is 2.00 bits per heavy atom. The number of hydrogen-bond acceptors (Lipinski definition) is 4. The van der Waals surface area contributed by atoms with Crippen molar-refractivity contribution in [1.29, 1.82) is 0 Å². The molecule has 0 aromatic carbocycles. The molecule has 1 saturated heterocycles. The average Bonchev–Trinajstić information content (AvgIpc) is 2.28. The van der Waals surface area contributed by atoms with Gasteiger partial charge in [-0.05, 0) is 33.6 Å². The number of morpholine rings is 1. The zero-order chi connectivity index (χ0) is 10.9. The topological polar surface area (TPSA) is 27.7 Å². The Labute approximate surface area is 93.6 Å². The molecule has 0 amide bonds. The maximum atomic E-state index is 5.32. The summed E-state index contributed by atoms with van der Waals surface area (Å²) in [7, 11) is 4.21. The smallest absolute Gasteiger partial charge is 0.0594 e. The van der Waals surface area contributed by atoms with Crippen molar-refractivity contribution in [3.05, 3.63) is 0 Å². The summed E-state index contributed by atoms with van der Waals surface area (Å²) >= 11 is 0. The second-order valence-corrected chi connectivity index (χ2v) is 4.21. The third-order valence-corrected chi connectivity index (χ3v) is 2.87. The molecule has 0 aliphatic carbocycles. The van der Waals surface area contributed by atoms with E-state index in [0.29, 0.717) is 0 Å². The molecule has 0 aromatic heterocycles. The number of nitrogens with zero attached hydrogens (tertiary/aromatic N) is 2. The zero-order valence-corrected chi connectivity index (χ0v) is 10.2. The monoisotopic (exact) mass is 215 g/mol. The molecule has 1 rings (SSSR count). The van der Waals surface area contributed by atoms with Crippen LogP contribution < -0.4 is 5.32 Å². The molecule has 0 radical (unpaired) electrons. The van der Waals surface area contributed by atoms with Crippen LogP contribution in [0, 0.1) is 0 Å². The second-order valence-electron chi connectivity index (χ2n) is 4.21. The predicted octanol–water partition coefficient (Wildman–Crippen LogP) is -0.140. The maximum absolute atomic E-state index is 5.32. The van der Waals surface area contributed by atoms with E-state index in [2.05, 4.69) is 22.2 Å². The highest BCUT2D eigenvalue weighted by Crippen LogP contribution is 1.97. The first-order valence-electron chi connectivity index (χ1n) is 5.96. The highest BCUT2D eigenvalue weighted by molar-refractivity contribution is 4.64. The average molecular weight is 215 g/mol. The molecular formula is C11H25N3O. The lowest BCUT2D eigenvalue weighted by molar-refractivity contribution is 0.0345. The van der Waals surface area contributed by atoms with E-state index in [9.17, 15) is 0 Å². The molecule has 1 heterocycles. The van der Waals surface area contributed by atoms with Gasteiger partial charge in [0.05, 0.1) is 13.2 Å². The molecule has 0 spiro atoms. The molecule has 1 aliphatic heterocycles. The van der Waals surface area contributed by atoms with Crippen molar-refractivity contribution in [3.8, 4) is 0 Å². The van der Waals surface area contributed by atoms with E-state index in [4.69, 9.17) is 4.74 Å². The Kier molecular flexibility index (Phi) is 6.92. The van der Waals surface area contributed by atoms with Gasteiger partial charge in [-0.2, -0.15) is 0 Å². The van der Waals surface area contributed by atoms with E-state index in [1.807, 2.05) is 7.05 Å². The van der Waals surface area contributed by atoms with Crippen LogP contribution in [-0.2, 0) is 4.74 Å². The number of ether oxygens (including phenoxy) is 1. The summed E-state index contributed by atoms with van der Waals surface area (Å²) in [5, 5.41) is 3.17. The minimum atomic E-state index is 0.906. The normalized spacial score (nSPS) is 18.6. The van der Waals surface area contributed by atoms with Gasteiger partial charge in [0.25, 0.3) is 0 Å².